The van der Waals surface area contributed by atoms with Crippen molar-refractivity contribution in [2.24, 2.45) is 0 Å². The van der Waals surface area contributed by atoms with Crippen molar-refractivity contribution in [2.45, 2.75) is 32.7 Å². The molecule has 1 aromatic rings. The zero-order valence-corrected chi connectivity index (χ0v) is 8.70. The van der Waals surface area contributed by atoms with Gasteiger partial charge in [-0.05, 0) is 31.5 Å². The summed E-state index contributed by atoms with van der Waals surface area (Å²) in [6.45, 7) is 6.36. The Hall–Kier alpha value is -0.960. The summed E-state index contributed by atoms with van der Waals surface area (Å²) in [5.41, 5.74) is 2.25. The smallest absolute Gasteiger partial charge is 0.0659 e. The summed E-state index contributed by atoms with van der Waals surface area (Å²) < 4.78 is 0. The number of nitrogens with zero attached hydrogens (tertiary/aromatic N) is 2. The molecule has 1 atom stereocenters. The van der Waals surface area contributed by atoms with Crippen molar-refractivity contribution < 1.29 is 0 Å². The van der Waals surface area contributed by atoms with Crippen molar-refractivity contribution in [3.8, 4) is 0 Å². The molecule has 3 nitrogen and oxygen atoms in total. The van der Waals surface area contributed by atoms with Crippen LogP contribution in [0.4, 0.5) is 0 Å². The van der Waals surface area contributed by atoms with Crippen LogP contribution in [-0.4, -0.2) is 17.2 Å². The largest absolute Gasteiger partial charge is 0.313 e. The Labute approximate surface area is 79.6 Å². The molecular formula is C10H17N3. The lowest BCUT2D eigenvalue weighted by Gasteiger charge is -2.11. The van der Waals surface area contributed by atoms with E-state index in [1.54, 1.807) is 0 Å². The molecule has 1 unspecified atom stereocenters. The fourth-order valence-corrected chi connectivity index (χ4v) is 1.08. The SMILES string of the molecule is CNC(C)c1cnnc(C(C)C)c1. The van der Waals surface area contributed by atoms with Gasteiger partial charge >= 0.3 is 0 Å². The standard InChI is InChI=1S/C10H17N3/c1-7(2)10-5-9(6-12-13-10)8(3)11-4/h5-8,11H,1-4H3. The van der Waals surface area contributed by atoms with Crippen LogP contribution in [-0.2, 0) is 0 Å². The molecule has 72 valence electrons. The summed E-state index contributed by atoms with van der Waals surface area (Å²) in [7, 11) is 1.94. The third-order valence-corrected chi connectivity index (χ3v) is 2.22. The van der Waals surface area contributed by atoms with Gasteiger partial charge in [0.1, 0.15) is 0 Å². The van der Waals surface area contributed by atoms with Crippen LogP contribution in [0.3, 0.4) is 0 Å². The molecule has 0 aliphatic rings. The fraction of sp³-hybridized carbons (Fsp3) is 0.600. The van der Waals surface area contributed by atoms with Crippen molar-refractivity contribution in [1.82, 2.24) is 15.5 Å². The van der Waals surface area contributed by atoms with E-state index >= 15 is 0 Å². The fourth-order valence-electron chi connectivity index (χ4n) is 1.08. The summed E-state index contributed by atoms with van der Waals surface area (Å²) in [5, 5.41) is 11.2. The number of hydrogen-bond acceptors (Lipinski definition) is 3. The van der Waals surface area contributed by atoms with Crippen LogP contribution < -0.4 is 5.32 Å². The predicted octanol–water partition coefficient (Wildman–Crippen LogP) is 1.88. The first-order valence-electron chi connectivity index (χ1n) is 4.65. The van der Waals surface area contributed by atoms with E-state index in [0.717, 1.165) is 5.69 Å². The summed E-state index contributed by atoms with van der Waals surface area (Å²) in [6, 6.07) is 2.45. The molecule has 0 saturated carbocycles. The molecule has 0 fully saturated rings. The van der Waals surface area contributed by atoms with Crippen LogP contribution >= 0.6 is 0 Å². The summed E-state index contributed by atoms with van der Waals surface area (Å²) in [4.78, 5) is 0. The minimum Gasteiger partial charge on any atom is -0.313 e. The van der Waals surface area contributed by atoms with Gasteiger partial charge in [-0.3, -0.25) is 0 Å². The van der Waals surface area contributed by atoms with Gasteiger partial charge in [0, 0.05) is 6.04 Å². The lowest BCUT2D eigenvalue weighted by atomic mass is 10.1. The Morgan fingerprint density at radius 2 is 2.00 bits per heavy atom. The lowest BCUT2D eigenvalue weighted by molar-refractivity contribution is 0.640. The van der Waals surface area contributed by atoms with Gasteiger partial charge in [0.15, 0.2) is 0 Å². The van der Waals surface area contributed by atoms with E-state index in [9.17, 15) is 0 Å². The maximum Gasteiger partial charge on any atom is 0.0659 e. The number of hydrogen-bond donors (Lipinski definition) is 1. The first-order valence-corrected chi connectivity index (χ1v) is 4.65. The van der Waals surface area contributed by atoms with Gasteiger partial charge in [0.05, 0.1) is 11.9 Å². The Bertz CT molecular complexity index is 271. The zero-order valence-electron chi connectivity index (χ0n) is 8.70. The molecule has 0 aliphatic heterocycles. The molecule has 0 spiro atoms. The Balaban J connectivity index is 2.91. The number of rotatable bonds is 3. The normalized spacial score (nSPS) is 13.3. The van der Waals surface area contributed by atoms with E-state index in [1.165, 1.54) is 5.56 Å². The molecule has 0 radical (unpaired) electrons. The van der Waals surface area contributed by atoms with E-state index in [0.29, 0.717) is 12.0 Å². The highest BCUT2D eigenvalue weighted by Gasteiger charge is 2.06. The van der Waals surface area contributed by atoms with Crippen molar-refractivity contribution in [3.63, 3.8) is 0 Å². The Kier molecular flexibility index (Phi) is 3.37. The predicted molar refractivity (Wildman–Crippen MR) is 53.6 cm³/mol. The quantitative estimate of drug-likeness (QED) is 0.770. The monoisotopic (exact) mass is 179 g/mol. The number of nitrogens with one attached hydrogen (secondary N) is 1. The minimum absolute atomic E-state index is 0.341. The van der Waals surface area contributed by atoms with E-state index in [4.69, 9.17) is 0 Å². The molecule has 0 amide bonds. The van der Waals surface area contributed by atoms with Gasteiger partial charge in [0.2, 0.25) is 0 Å². The van der Waals surface area contributed by atoms with Crippen LogP contribution in [0.25, 0.3) is 0 Å². The van der Waals surface area contributed by atoms with Crippen LogP contribution in [0.15, 0.2) is 12.3 Å². The summed E-state index contributed by atoms with van der Waals surface area (Å²) >= 11 is 0. The average molecular weight is 179 g/mol. The van der Waals surface area contributed by atoms with Crippen LogP contribution in [0, 0.1) is 0 Å². The summed E-state index contributed by atoms with van der Waals surface area (Å²) in [6.07, 6.45) is 1.81. The first-order chi connectivity index (χ1) is 6.15. The molecule has 1 rings (SSSR count). The average Bonchev–Trinajstić information content (AvgIpc) is 2.17. The molecule has 13 heavy (non-hydrogen) atoms. The summed E-state index contributed by atoms with van der Waals surface area (Å²) in [5.74, 6) is 0.441. The highest BCUT2D eigenvalue weighted by Crippen LogP contribution is 2.15. The van der Waals surface area contributed by atoms with Gasteiger partial charge in [0.25, 0.3) is 0 Å². The van der Waals surface area contributed by atoms with Crippen molar-refractivity contribution in [1.29, 1.82) is 0 Å². The lowest BCUT2D eigenvalue weighted by Crippen LogP contribution is -2.13. The molecule has 1 heterocycles. The number of aromatic nitrogens is 2. The van der Waals surface area contributed by atoms with E-state index in [-0.39, 0.29) is 0 Å². The molecule has 0 aromatic carbocycles. The molecule has 0 bridgehead atoms. The van der Waals surface area contributed by atoms with Gasteiger partial charge in [-0.2, -0.15) is 10.2 Å². The van der Waals surface area contributed by atoms with Crippen molar-refractivity contribution in [2.75, 3.05) is 7.05 Å². The highest BCUT2D eigenvalue weighted by atomic mass is 15.1. The molecule has 1 N–H and O–H groups in total. The highest BCUT2D eigenvalue weighted by molar-refractivity contribution is 5.17. The van der Waals surface area contributed by atoms with Crippen LogP contribution in [0.5, 0.6) is 0 Å². The topological polar surface area (TPSA) is 37.8 Å². The second kappa shape index (κ2) is 4.33. The van der Waals surface area contributed by atoms with Gasteiger partial charge in [-0.25, -0.2) is 0 Å². The Morgan fingerprint density at radius 3 is 2.54 bits per heavy atom. The third kappa shape index (κ3) is 2.49. The second-order valence-corrected chi connectivity index (χ2v) is 3.58. The Morgan fingerprint density at radius 1 is 1.31 bits per heavy atom. The van der Waals surface area contributed by atoms with Gasteiger partial charge < -0.3 is 5.32 Å². The van der Waals surface area contributed by atoms with Crippen LogP contribution in [0.2, 0.25) is 0 Å². The van der Waals surface area contributed by atoms with Gasteiger partial charge in [-0.15, -0.1) is 0 Å². The molecule has 3 heteroatoms. The maximum absolute atomic E-state index is 4.08. The van der Waals surface area contributed by atoms with Crippen molar-refractivity contribution >= 4 is 0 Å². The van der Waals surface area contributed by atoms with Crippen molar-refractivity contribution in [3.05, 3.63) is 23.5 Å². The minimum atomic E-state index is 0.341. The van der Waals surface area contributed by atoms with Gasteiger partial charge in [-0.1, -0.05) is 13.8 Å². The molecule has 0 saturated heterocycles. The molecule has 0 aliphatic carbocycles. The van der Waals surface area contributed by atoms with Crippen LogP contribution in [0.1, 0.15) is 44.0 Å². The van der Waals surface area contributed by atoms with E-state index in [2.05, 4.69) is 42.4 Å². The zero-order chi connectivity index (χ0) is 9.84. The third-order valence-electron chi connectivity index (χ3n) is 2.22. The molecular weight excluding hydrogens is 162 g/mol. The van der Waals surface area contributed by atoms with E-state index in [1.807, 2.05) is 13.2 Å². The first kappa shape index (κ1) is 10.1. The van der Waals surface area contributed by atoms with E-state index < -0.39 is 0 Å². The molecule has 1 aromatic heterocycles. The second-order valence-electron chi connectivity index (χ2n) is 3.58. The maximum atomic E-state index is 4.08.